The lowest BCUT2D eigenvalue weighted by molar-refractivity contribution is -0.161. The molecule has 13 heteroatoms. The van der Waals surface area contributed by atoms with Crippen molar-refractivity contribution in [1.82, 2.24) is 0 Å². The van der Waals surface area contributed by atoms with E-state index in [1.807, 2.05) is 24.3 Å². The van der Waals surface area contributed by atoms with Crippen LogP contribution >= 0.6 is 7.82 Å². The molecule has 0 aromatic rings. The van der Waals surface area contributed by atoms with Gasteiger partial charge in [-0.05, 0) is 50.0 Å². The van der Waals surface area contributed by atoms with E-state index in [2.05, 4.69) is 20.8 Å². The van der Waals surface area contributed by atoms with Crippen molar-refractivity contribution in [2.75, 3.05) is 26.4 Å². The third kappa shape index (κ3) is 33.1. The highest BCUT2D eigenvalue weighted by Crippen LogP contribution is 2.43. The fourth-order valence-corrected chi connectivity index (χ4v) is 7.96. The van der Waals surface area contributed by atoms with E-state index in [4.69, 9.17) is 23.6 Å². The zero-order valence-electron chi connectivity index (χ0n) is 38.1. The first-order chi connectivity index (χ1) is 29.4. The van der Waals surface area contributed by atoms with E-state index in [1.165, 1.54) is 83.5 Å². The number of allylic oxidation sites excluding steroid dienone is 5. The molecule has 0 aliphatic heterocycles. The summed E-state index contributed by atoms with van der Waals surface area (Å²) >= 11 is 0. The molecule has 0 aromatic heterocycles. The smallest absolute Gasteiger partial charge is 0.462 e. The van der Waals surface area contributed by atoms with Crippen molar-refractivity contribution in [2.24, 2.45) is 17.8 Å². The van der Waals surface area contributed by atoms with Crippen molar-refractivity contribution >= 4 is 25.5 Å². The van der Waals surface area contributed by atoms with E-state index in [0.29, 0.717) is 32.1 Å². The lowest BCUT2D eigenvalue weighted by atomic mass is 9.90. The van der Waals surface area contributed by atoms with Gasteiger partial charge in [-0.25, -0.2) is 4.57 Å². The molecule has 12 nitrogen and oxygen atoms in total. The Bertz CT molecular complexity index is 1270. The molecule has 0 spiro atoms. The summed E-state index contributed by atoms with van der Waals surface area (Å²) in [4.78, 5) is 47.6. The van der Waals surface area contributed by atoms with Gasteiger partial charge >= 0.3 is 19.8 Å². The second-order valence-corrected chi connectivity index (χ2v) is 18.7. The lowest BCUT2D eigenvalue weighted by Crippen LogP contribution is -2.29. The van der Waals surface area contributed by atoms with Gasteiger partial charge in [0.25, 0.3) is 0 Å². The van der Waals surface area contributed by atoms with Crippen LogP contribution in [0.4, 0.5) is 0 Å². The molecule has 1 aliphatic carbocycles. The van der Waals surface area contributed by atoms with Crippen LogP contribution in [0.2, 0.25) is 0 Å². The van der Waals surface area contributed by atoms with Gasteiger partial charge in [0.05, 0.1) is 25.9 Å². The Morgan fingerprint density at radius 3 is 1.89 bits per heavy atom. The maximum absolute atomic E-state index is 12.7. The predicted molar refractivity (Wildman–Crippen MR) is 242 cm³/mol. The molecular weight excluding hydrogens is 799 g/mol. The van der Waals surface area contributed by atoms with Gasteiger partial charge in [0.2, 0.25) is 0 Å². The Morgan fingerprint density at radius 1 is 0.738 bits per heavy atom. The number of phosphoric acid groups is 1. The first kappa shape index (κ1) is 56.8. The molecule has 0 saturated heterocycles. The Hall–Kier alpha value is -2.18. The Balaban J connectivity index is 2.36. The number of esters is 2. The van der Waals surface area contributed by atoms with Crippen molar-refractivity contribution in [1.29, 1.82) is 0 Å². The lowest BCUT2D eigenvalue weighted by Gasteiger charge is -2.20. The van der Waals surface area contributed by atoms with Gasteiger partial charge in [-0.3, -0.25) is 23.4 Å². The second-order valence-electron chi connectivity index (χ2n) is 17.3. The summed E-state index contributed by atoms with van der Waals surface area (Å²) in [5.41, 5.74) is 0. The van der Waals surface area contributed by atoms with Crippen molar-refractivity contribution in [3.05, 3.63) is 36.5 Å². The molecule has 0 heterocycles. The van der Waals surface area contributed by atoms with Gasteiger partial charge in [0.15, 0.2) is 11.9 Å². The monoisotopic (exact) mass is 885 g/mol. The zero-order chi connectivity index (χ0) is 45.0. The minimum atomic E-state index is -4.67. The standard InChI is InChI=1S/C48H85O12P/c1-4-5-22-29-42(50)33-34-45-41(32-35-46(45)52)28-24-20-21-25-30-47(53)57-38-44(39-59-61(55,56)58-37-43(51)36-49)60-48(54)31-26-19-17-15-13-11-9-7-6-8-10-12-14-16-18-23-27-40(2)3/h20,24,32-35,40-45,49-51H,4-19,21-23,25-31,36-39H2,1-3H3,(H,55,56)/b24-20-,34-33+/t41-,42-,43-,44+,45+/m0/s1. The molecule has 0 aromatic carbocycles. The van der Waals surface area contributed by atoms with Crippen molar-refractivity contribution in [3.8, 4) is 0 Å². The number of phosphoric ester groups is 1. The number of unbranched alkanes of at least 4 members (excludes halogenated alkanes) is 18. The molecule has 0 saturated carbocycles. The Kier molecular flexibility index (Phi) is 34.7. The summed E-state index contributed by atoms with van der Waals surface area (Å²) in [6.45, 7) is 4.42. The van der Waals surface area contributed by atoms with Crippen molar-refractivity contribution in [2.45, 2.75) is 206 Å². The first-order valence-corrected chi connectivity index (χ1v) is 25.4. The van der Waals surface area contributed by atoms with Crippen molar-refractivity contribution in [3.63, 3.8) is 0 Å². The van der Waals surface area contributed by atoms with Gasteiger partial charge in [0, 0.05) is 18.8 Å². The fraction of sp³-hybridized carbons (Fsp3) is 0.812. The van der Waals surface area contributed by atoms with Crippen LogP contribution in [-0.2, 0) is 37.5 Å². The van der Waals surface area contributed by atoms with E-state index >= 15 is 0 Å². The number of aliphatic hydroxyl groups is 3. The highest BCUT2D eigenvalue weighted by atomic mass is 31.2. The molecule has 6 atom stereocenters. The average molecular weight is 885 g/mol. The molecular formula is C48H85O12P. The highest BCUT2D eigenvalue weighted by molar-refractivity contribution is 7.47. The SMILES string of the molecule is CCCCC[C@H](O)/C=C/[C@H]1C(=O)C=C[C@@H]1C/C=C\CCCC(=O)OC[C@H](COP(=O)(O)OC[C@@H](O)CO)OC(=O)CCCCCCCCCCCCCCCCCCC(C)C. The van der Waals surface area contributed by atoms with Gasteiger partial charge in [-0.2, -0.15) is 0 Å². The number of ketones is 1. The van der Waals surface area contributed by atoms with Crippen molar-refractivity contribution < 1.29 is 57.7 Å². The normalized spacial score (nSPS) is 18.0. The van der Waals surface area contributed by atoms with Gasteiger partial charge in [0.1, 0.15) is 12.7 Å². The molecule has 1 aliphatic rings. The number of hydrogen-bond donors (Lipinski definition) is 4. The number of ether oxygens (including phenoxy) is 2. The first-order valence-electron chi connectivity index (χ1n) is 23.9. The van der Waals surface area contributed by atoms with Gasteiger partial charge < -0.3 is 29.7 Å². The highest BCUT2D eigenvalue weighted by Gasteiger charge is 2.28. The van der Waals surface area contributed by atoms with Crippen LogP contribution in [-0.4, -0.2) is 82.7 Å². The number of carbonyl (C=O) groups excluding carboxylic acids is 3. The molecule has 4 N–H and O–H groups in total. The minimum Gasteiger partial charge on any atom is -0.462 e. The van der Waals surface area contributed by atoms with E-state index in [0.717, 1.165) is 44.4 Å². The molecule has 0 fully saturated rings. The summed E-state index contributed by atoms with van der Waals surface area (Å²) in [6, 6.07) is 0. The number of rotatable bonds is 41. The van der Waals surface area contributed by atoms with Crippen LogP contribution < -0.4 is 0 Å². The van der Waals surface area contributed by atoms with Crippen LogP contribution in [0.15, 0.2) is 36.5 Å². The van der Waals surface area contributed by atoms with E-state index < -0.39 is 57.9 Å². The molecule has 0 bridgehead atoms. The fourth-order valence-electron chi connectivity index (χ4n) is 7.17. The molecule has 354 valence electrons. The molecule has 0 radical (unpaired) electrons. The number of hydrogen-bond acceptors (Lipinski definition) is 11. The zero-order valence-corrected chi connectivity index (χ0v) is 39.0. The largest absolute Gasteiger partial charge is 0.472 e. The minimum absolute atomic E-state index is 0.0114. The summed E-state index contributed by atoms with van der Waals surface area (Å²) in [5, 5.41) is 28.6. The van der Waals surface area contributed by atoms with E-state index in [-0.39, 0.29) is 37.1 Å². The maximum atomic E-state index is 12.7. The van der Waals surface area contributed by atoms with Crippen LogP contribution in [0, 0.1) is 17.8 Å². The summed E-state index contributed by atoms with van der Waals surface area (Å²) < 4.78 is 32.8. The molecule has 1 rings (SSSR count). The average Bonchev–Trinajstić information content (AvgIpc) is 3.58. The number of carbonyl (C=O) groups is 3. The van der Waals surface area contributed by atoms with Gasteiger partial charge in [-0.15, -0.1) is 0 Å². The number of aliphatic hydroxyl groups excluding tert-OH is 3. The van der Waals surface area contributed by atoms with Crippen LogP contribution in [0.25, 0.3) is 0 Å². The summed E-state index contributed by atoms with van der Waals surface area (Å²) in [7, 11) is -4.67. The van der Waals surface area contributed by atoms with E-state index in [1.54, 1.807) is 12.2 Å². The molecule has 61 heavy (non-hydrogen) atoms. The Morgan fingerprint density at radius 2 is 1.30 bits per heavy atom. The summed E-state index contributed by atoms with van der Waals surface area (Å²) in [5.74, 6) is -0.499. The third-order valence-corrected chi connectivity index (χ3v) is 11.9. The van der Waals surface area contributed by atoms with Crippen LogP contribution in [0.3, 0.4) is 0 Å². The molecule has 0 amide bonds. The van der Waals surface area contributed by atoms with Crippen LogP contribution in [0.5, 0.6) is 0 Å². The topological polar surface area (TPSA) is 186 Å². The predicted octanol–water partition coefficient (Wildman–Crippen LogP) is 10.6. The van der Waals surface area contributed by atoms with E-state index in [9.17, 15) is 34.1 Å². The Labute approximate surface area is 368 Å². The van der Waals surface area contributed by atoms with Gasteiger partial charge in [-0.1, -0.05) is 173 Å². The van der Waals surface area contributed by atoms with Crippen LogP contribution in [0.1, 0.15) is 188 Å². The summed E-state index contributed by atoms with van der Waals surface area (Å²) in [6.07, 6.45) is 34.5. The quantitative estimate of drug-likeness (QED) is 0.0197. The molecule has 1 unspecified atom stereocenters. The maximum Gasteiger partial charge on any atom is 0.472 e. The third-order valence-electron chi connectivity index (χ3n) is 11.0. The second kappa shape index (κ2) is 37.2.